The summed E-state index contributed by atoms with van der Waals surface area (Å²) in [6, 6.07) is 7.72. The zero-order chi connectivity index (χ0) is 30.2. The maximum absolute atomic E-state index is 15.5. The Morgan fingerprint density at radius 2 is 1.66 bits per heavy atom. The molecular formula is C27H28F6N6O2. The Hall–Kier alpha value is -4.10. The Balaban J connectivity index is 1.74. The van der Waals surface area contributed by atoms with Gasteiger partial charge in [0.15, 0.2) is 6.61 Å². The minimum atomic E-state index is -4.32. The van der Waals surface area contributed by atoms with E-state index in [-0.39, 0.29) is 23.5 Å². The fraction of sp³-hybridized carbons (Fsp3) is 0.407. The molecular weight excluding hydrogens is 554 g/mol. The molecule has 220 valence electrons. The first-order valence-electron chi connectivity index (χ1n) is 12.5. The van der Waals surface area contributed by atoms with Crippen LogP contribution < -0.4 is 10.4 Å². The summed E-state index contributed by atoms with van der Waals surface area (Å²) in [5, 5.41) is 8.48. The quantitative estimate of drug-likeness (QED) is 0.233. The molecule has 4 aromatic rings. The van der Waals surface area contributed by atoms with Crippen LogP contribution in [0.15, 0.2) is 66.2 Å². The molecule has 0 unspecified atom stereocenters. The van der Waals surface area contributed by atoms with Gasteiger partial charge >= 0.3 is 18.0 Å². The first kappa shape index (κ1) is 29.9. The lowest BCUT2D eigenvalue weighted by Gasteiger charge is -2.49. The standard InChI is InChI=1S/C27H28F6N6O2/c1-17(26(25(2,3)4,12-37-15-34-14-35-37)21-10-5-18(28)11-22(21)29)39-24(40)38(16-36-39)19-6-8-20(9-7-19)41-13-27(32,33)23(30)31/h5-11,14-17,23H,12-13H2,1-4H3/t17-,26-/m1/s1. The van der Waals surface area contributed by atoms with Gasteiger partial charge in [0.25, 0.3) is 0 Å². The van der Waals surface area contributed by atoms with Gasteiger partial charge in [0.1, 0.15) is 36.4 Å². The summed E-state index contributed by atoms with van der Waals surface area (Å²) < 4.78 is 89.2. The van der Waals surface area contributed by atoms with Crippen molar-refractivity contribution in [2.24, 2.45) is 5.41 Å². The maximum atomic E-state index is 15.5. The van der Waals surface area contributed by atoms with Gasteiger partial charge in [-0.1, -0.05) is 26.8 Å². The van der Waals surface area contributed by atoms with Gasteiger partial charge in [-0.2, -0.15) is 19.0 Å². The van der Waals surface area contributed by atoms with Gasteiger partial charge in [0.2, 0.25) is 0 Å². The van der Waals surface area contributed by atoms with E-state index in [1.807, 2.05) is 20.8 Å². The molecule has 0 radical (unpaired) electrons. The van der Waals surface area contributed by atoms with Crippen molar-refractivity contribution in [2.75, 3.05) is 6.61 Å². The molecule has 2 atom stereocenters. The number of hydrogen-bond acceptors (Lipinski definition) is 5. The van der Waals surface area contributed by atoms with E-state index in [4.69, 9.17) is 4.74 Å². The second-order valence-electron chi connectivity index (χ2n) is 10.7. The molecule has 2 heterocycles. The van der Waals surface area contributed by atoms with Crippen LogP contribution in [-0.2, 0) is 12.0 Å². The van der Waals surface area contributed by atoms with Gasteiger partial charge in [-0.3, -0.25) is 4.68 Å². The van der Waals surface area contributed by atoms with Crippen LogP contribution in [0.1, 0.15) is 39.3 Å². The van der Waals surface area contributed by atoms with Crippen LogP contribution in [0, 0.1) is 17.0 Å². The third-order valence-corrected chi connectivity index (χ3v) is 7.27. The summed E-state index contributed by atoms with van der Waals surface area (Å²) >= 11 is 0. The fourth-order valence-electron chi connectivity index (χ4n) is 5.04. The molecule has 0 amide bonds. The zero-order valence-corrected chi connectivity index (χ0v) is 22.6. The third kappa shape index (κ3) is 5.72. The number of alkyl halides is 4. The van der Waals surface area contributed by atoms with Crippen molar-refractivity contribution in [1.29, 1.82) is 0 Å². The zero-order valence-electron chi connectivity index (χ0n) is 22.6. The fourth-order valence-corrected chi connectivity index (χ4v) is 5.04. The molecule has 2 aromatic heterocycles. The predicted molar refractivity (Wildman–Crippen MR) is 136 cm³/mol. The summed E-state index contributed by atoms with van der Waals surface area (Å²) in [6.45, 7) is 5.84. The first-order valence-corrected chi connectivity index (χ1v) is 12.5. The molecule has 0 bridgehead atoms. The molecule has 0 fully saturated rings. The molecule has 0 saturated carbocycles. The summed E-state index contributed by atoms with van der Waals surface area (Å²) in [5.74, 6) is -5.97. The van der Waals surface area contributed by atoms with Crippen LogP contribution in [0.5, 0.6) is 5.75 Å². The number of benzene rings is 2. The van der Waals surface area contributed by atoms with Crippen LogP contribution in [0.3, 0.4) is 0 Å². The molecule has 8 nitrogen and oxygen atoms in total. The summed E-state index contributed by atoms with van der Waals surface area (Å²) in [7, 11) is 0. The summed E-state index contributed by atoms with van der Waals surface area (Å²) in [5.41, 5.74) is -2.13. The monoisotopic (exact) mass is 582 g/mol. The number of hydrogen-bond donors (Lipinski definition) is 0. The van der Waals surface area contributed by atoms with Crippen molar-refractivity contribution in [1.82, 2.24) is 29.1 Å². The van der Waals surface area contributed by atoms with Gasteiger partial charge in [0, 0.05) is 11.5 Å². The van der Waals surface area contributed by atoms with Crippen LogP contribution in [0.2, 0.25) is 0 Å². The van der Waals surface area contributed by atoms with E-state index in [0.29, 0.717) is 0 Å². The largest absolute Gasteiger partial charge is 0.487 e. The lowest BCUT2D eigenvalue weighted by atomic mass is 9.58. The van der Waals surface area contributed by atoms with Crippen LogP contribution in [-0.4, -0.2) is 48.1 Å². The van der Waals surface area contributed by atoms with Gasteiger partial charge in [0.05, 0.1) is 18.3 Å². The minimum Gasteiger partial charge on any atom is -0.487 e. The number of nitrogens with zero attached hydrogens (tertiary/aromatic N) is 6. The highest BCUT2D eigenvalue weighted by atomic mass is 19.3. The van der Waals surface area contributed by atoms with E-state index in [1.165, 1.54) is 63.2 Å². The van der Waals surface area contributed by atoms with E-state index < -0.39 is 53.2 Å². The van der Waals surface area contributed by atoms with Crippen LogP contribution >= 0.6 is 0 Å². The normalized spacial score (nSPS) is 14.7. The molecule has 0 aliphatic carbocycles. The average Bonchev–Trinajstić information content (AvgIpc) is 3.55. The van der Waals surface area contributed by atoms with Gasteiger partial charge < -0.3 is 4.74 Å². The maximum Gasteiger partial charge on any atom is 0.350 e. The Bertz CT molecular complexity index is 1530. The molecule has 4 rings (SSSR count). The van der Waals surface area contributed by atoms with E-state index in [0.717, 1.165) is 12.1 Å². The summed E-state index contributed by atoms with van der Waals surface area (Å²) in [4.78, 5) is 17.6. The summed E-state index contributed by atoms with van der Waals surface area (Å²) in [6.07, 6.45) is 0.142. The highest BCUT2D eigenvalue weighted by Gasteiger charge is 2.51. The van der Waals surface area contributed by atoms with Gasteiger partial charge in [-0.05, 0) is 48.2 Å². The van der Waals surface area contributed by atoms with Crippen molar-refractivity contribution >= 4 is 0 Å². The van der Waals surface area contributed by atoms with E-state index in [9.17, 15) is 26.7 Å². The molecule has 0 spiro atoms. The number of aromatic nitrogens is 6. The van der Waals surface area contributed by atoms with Gasteiger partial charge in [-0.15, -0.1) is 0 Å². The molecule has 2 aromatic carbocycles. The van der Waals surface area contributed by atoms with Crippen LogP contribution in [0.4, 0.5) is 26.3 Å². The first-order chi connectivity index (χ1) is 19.2. The lowest BCUT2D eigenvalue weighted by Crippen LogP contribution is -2.52. The van der Waals surface area contributed by atoms with Crippen molar-refractivity contribution in [3.63, 3.8) is 0 Å². The number of ether oxygens (including phenoxy) is 1. The van der Waals surface area contributed by atoms with E-state index >= 15 is 4.39 Å². The number of rotatable bonds is 10. The van der Waals surface area contributed by atoms with E-state index in [2.05, 4.69) is 15.2 Å². The smallest absolute Gasteiger partial charge is 0.350 e. The average molecular weight is 583 g/mol. The third-order valence-electron chi connectivity index (χ3n) is 7.27. The topological polar surface area (TPSA) is 79.8 Å². The minimum absolute atomic E-state index is 0.0643. The Labute approximate surface area is 231 Å². The van der Waals surface area contributed by atoms with Crippen molar-refractivity contribution in [3.05, 3.63) is 89.1 Å². The predicted octanol–water partition coefficient (Wildman–Crippen LogP) is 5.43. The molecule has 0 aliphatic rings. The highest BCUT2D eigenvalue weighted by molar-refractivity contribution is 5.37. The molecule has 0 aliphatic heterocycles. The van der Waals surface area contributed by atoms with Crippen LogP contribution in [0.25, 0.3) is 5.69 Å². The van der Waals surface area contributed by atoms with Crippen molar-refractivity contribution < 1.29 is 31.1 Å². The second-order valence-corrected chi connectivity index (χ2v) is 10.7. The lowest BCUT2D eigenvalue weighted by molar-refractivity contribution is -0.148. The Morgan fingerprint density at radius 1 is 0.976 bits per heavy atom. The molecule has 0 N–H and O–H groups in total. The SMILES string of the molecule is C[C@@H](n1ncn(-c2ccc(OCC(F)(F)C(F)F)cc2)c1=O)[C@](Cn1cncn1)(c1ccc(F)cc1F)C(C)(C)C. The molecule has 41 heavy (non-hydrogen) atoms. The van der Waals surface area contributed by atoms with Crippen molar-refractivity contribution in [3.8, 4) is 11.4 Å². The highest BCUT2D eigenvalue weighted by Crippen LogP contribution is 2.50. The van der Waals surface area contributed by atoms with Gasteiger partial charge in [-0.25, -0.2) is 36.6 Å². The Morgan fingerprint density at radius 3 is 2.22 bits per heavy atom. The number of halogens is 6. The van der Waals surface area contributed by atoms with E-state index in [1.54, 1.807) is 6.92 Å². The Kier molecular flexibility index (Phi) is 8.05. The second kappa shape index (κ2) is 11.1. The van der Waals surface area contributed by atoms with Crippen molar-refractivity contribution in [2.45, 2.75) is 58.0 Å². The molecule has 0 saturated heterocycles. The molecule has 14 heteroatoms.